The molecule has 0 saturated carbocycles. The number of hydrogen-bond donors (Lipinski definition) is 1. The van der Waals surface area contributed by atoms with Gasteiger partial charge in [0.05, 0.1) is 13.0 Å². The number of benzene rings is 2. The van der Waals surface area contributed by atoms with Crippen molar-refractivity contribution in [2.45, 2.75) is 19.3 Å². The average molecular weight is 267 g/mol. The van der Waals surface area contributed by atoms with Crippen molar-refractivity contribution >= 4 is 11.6 Å². The van der Waals surface area contributed by atoms with Crippen molar-refractivity contribution in [1.29, 1.82) is 0 Å². The monoisotopic (exact) mass is 267 g/mol. The van der Waals surface area contributed by atoms with E-state index in [-0.39, 0.29) is 11.8 Å². The summed E-state index contributed by atoms with van der Waals surface area (Å²) in [7, 11) is 1.66. The van der Waals surface area contributed by atoms with E-state index in [1.54, 1.807) is 7.11 Å². The molecule has 0 aliphatic carbocycles. The lowest BCUT2D eigenvalue weighted by Crippen LogP contribution is -2.14. The Morgan fingerprint density at radius 2 is 2.00 bits per heavy atom. The van der Waals surface area contributed by atoms with E-state index in [1.165, 1.54) is 5.56 Å². The van der Waals surface area contributed by atoms with Crippen LogP contribution < -0.4 is 10.1 Å². The van der Waals surface area contributed by atoms with E-state index in [0.717, 1.165) is 22.6 Å². The zero-order chi connectivity index (χ0) is 14.1. The van der Waals surface area contributed by atoms with Gasteiger partial charge in [0.15, 0.2) is 0 Å². The van der Waals surface area contributed by atoms with Crippen LogP contribution in [0.3, 0.4) is 0 Å². The number of hydrogen-bond acceptors (Lipinski definition) is 2. The van der Waals surface area contributed by atoms with Gasteiger partial charge in [0, 0.05) is 5.69 Å². The van der Waals surface area contributed by atoms with Gasteiger partial charge in [0.25, 0.3) is 0 Å². The summed E-state index contributed by atoms with van der Waals surface area (Å²) in [5.41, 5.74) is 4.25. The first-order chi connectivity index (χ1) is 9.69. The maximum Gasteiger partial charge on any atom is 0.232 e. The first kappa shape index (κ1) is 12.7. The number of carbonyl (C=O) groups excluding carboxylic acids is 1. The predicted molar refractivity (Wildman–Crippen MR) is 79.2 cm³/mol. The first-order valence-corrected chi connectivity index (χ1v) is 6.72. The van der Waals surface area contributed by atoms with E-state index >= 15 is 0 Å². The Morgan fingerprint density at radius 3 is 2.80 bits per heavy atom. The van der Waals surface area contributed by atoms with Crippen LogP contribution in [-0.4, -0.2) is 13.0 Å². The van der Waals surface area contributed by atoms with Crippen LogP contribution in [0.15, 0.2) is 42.5 Å². The summed E-state index contributed by atoms with van der Waals surface area (Å²) in [5.74, 6) is 0.763. The quantitative estimate of drug-likeness (QED) is 0.926. The molecule has 3 rings (SSSR count). The summed E-state index contributed by atoms with van der Waals surface area (Å²) in [6, 6.07) is 13.9. The summed E-state index contributed by atoms with van der Waals surface area (Å²) in [4.78, 5) is 12.2. The van der Waals surface area contributed by atoms with Gasteiger partial charge in [-0.25, -0.2) is 0 Å². The minimum absolute atomic E-state index is 0.0662. The molecule has 2 aromatic carbocycles. The lowest BCUT2D eigenvalue weighted by molar-refractivity contribution is -0.117. The van der Waals surface area contributed by atoms with E-state index in [4.69, 9.17) is 4.74 Å². The summed E-state index contributed by atoms with van der Waals surface area (Å²) in [6.07, 6.45) is 0.659. The van der Waals surface area contributed by atoms with Crippen molar-refractivity contribution < 1.29 is 9.53 Å². The molecule has 1 amide bonds. The van der Waals surface area contributed by atoms with Gasteiger partial charge in [-0.05, 0) is 36.6 Å². The summed E-state index contributed by atoms with van der Waals surface area (Å²) >= 11 is 0. The van der Waals surface area contributed by atoms with Gasteiger partial charge in [-0.1, -0.05) is 35.9 Å². The number of nitrogens with one attached hydrogen (secondary N) is 1. The minimum Gasteiger partial charge on any atom is -0.496 e. The molecule has 1 heterocycles. The third-order valence-electron chi connectivity index (χ3n) is 3.77. The summed E-state index contributed by atoms with van der Waals surface area (Å²) in [5, 5.41) is 2.95. The van der Waals surface area contributed by atoms with Gasteiger partial charge in [-0.15, -0.1) is 0 Å². The Labute approximate surface area is 118 Å². The van der Waals surface area contributed by atoms with Crippen molar-refractivity contribution in [2.75, 3.05) is 12.4 Å². The number of amides is 1. The Balaban J connectivity index is 1.96. The molecule has 1 aliphatic rings. The Morgan fingerprint density at radius 1 is 1.20 bits per heavy atom. The number of fused-ring (bicyclic) bond motifs is 1. The van der Waals surface area contributed by atoms with Gasteiger partial charge in [0.2, 0.25) is 5.91 Å². The smallest absolute Gasteiger partial charge is 0.232 e. The number of para-hydroxylation sites is 1. The Hall–Kier alpha value is -2.29. The molecule has 2 aromatic rings. The molecule has 1 aliphatic heterocycles. The molecule has 1 N–H and O–H groups in total. The highest BCUT2D eigenvalue weighted by Crippen LogP contribution is 2.36. The second-order valence-corrected chi connectivity index (χ2v) is 5.15. The molecule has 0 fully saturated rings. The SMILES string of the molecule is COc1ccccc1C[C@@H]1C(=O)Nc2ccc(C)cc21. The van der Waals surface area contributed by atoms with Crippen molar-refractivity contribution in [3.63, 3.8) is 0 Å². The molecule has 0 spiro atoms. The second-order valence-electron chi connectivity index (χ2n) is 5.15. The molecule has 0 bridgehead atoms. The van der Waals surface area contributed by atoms with Crippen LogP contribution in [0.4, 0.5) is 5.69 Å². The van der Waals surface area contributed by atoms with E-state index in [0.29, 0.717) is 6.42 Å². The average Bonchev–Trinajstić information content (AvgIpc) is 2.76. The summed E-state index contributed by atoms with van der Waals surface area (Å²) in [6.45, 7) is 2.04. The van der Waals surface area contributed by atoms with Crippen molar-refractivity contribution in [3.05, 3.63) is 59.2 Å². The van der Waals surface area contributed by atoms with Crippen LogP contribution in [0.1, 0.15) is 22.6 Å². The third-order valence-corrected chi connectivity index (χ3v) is 3.77. The zero-order valence-corrected chi connectivity index (χ0v) is 11.6. The van der Waals surface area contributed by atoms with E-state index in [1.807, 2.05) is 43.3 Å². The lowest BCUT2D eigenvalue weighted by atomic mass is 9.92. The molecule has 102 valence electrons. The largest absolute Gasteiger partial charge is 0.496 e. The number of aryl methyl sites for hydroxylation is 1. The molecular weight excluding hydrogens is 250 g/mol. The van der Waals surface area contributed by atoms with Crippen LogP contribution in [0.5, 0.6) is 5.75 Å². The lowest BCUT2D eigenvalue weighted by Gasteiger charge is -2.12. The van der Waals surface area contributed by atoms with E-state index in [9.17, 15) is 4.79 Å². The highest BCUT2D eigenvalue weighted by atomic mass is 16.5. The number of rotatable bonds is 3. The van der Waals surface area contributed by atoms with E-state index < -0.39 is 0 Å². The number of ether oxygens (including phenoxy) is 1. The fourth-order valence-electron chi connectivity index (χ4n) is 2.74. The maximum atomic E-state index is 12.2. The second kappa shape index (κ2) is 5.00. The van der Waals surface area contributed by atoms with E-state index in [2.05, 4.69) is 11.4 Å². The fraction of sp³-hybridized carbons (Fsp3) is 0.235. The standard InChI is InChI=1S/C17H17NO2/c1-11-7-8-15-13(9-11)14(17(19)18-15)10-12-5-3-4-6-16(12)20-2/h3-9,14H,10H2,1-2H3,(H,18,19)/t14-/m0/s1. The first-order valence-electron chi connectivity index (χ1n) is 6.72. The predicted octanol–water partition coefficient (Wildman–Crippen LogP) is 3.28. The number of methoxy groups -OCH3 is 1. The minimum atomic E-state index is -0.138. The van der Waals surface area contributed by atoms with Crippen LogP contribution in [0.2, 0.25) is 0 Å². The topological polar surface area (TPSA) is 38.3 Å². The Kier molecular flexibility index (Phi) is 3.18. The molecule has 3 heteroatoms. The van der Waals surface area contributed by atoms with Gasteiger partial charge in [0.1, 0.15) is 5.75 Å². The molecule has 1 atom stereocenters. The highest BCUT2D eigenvalue weighted by molar-refractivity contribution is 6.03. The number of carbonyl (C=O) groups is 1. The van der Waals surface area contributed by atoms with Crippen LogP contribution in [0.25, 0.3) is 0 Å². The fourth-order valence-corrected chi connectivity index (χ4v) is 2.74. The van der Waals surface area contributed by atoms with Crippen molar-refractivity contribution in [2.24, 2.45) is 0 Å². The molecule has 3 nitrogen and oxygen atoms in total. The van der Waals surface area contributed by atoms with Crippen LogP contribution in [0, 0.1) is 6.92 Å². The molecule has 0 unspecified atom stereocenters. The molecule has 0 saturated heterocycles. The van der Waals surface area contributed by atoms with Crippen molar-refractivity contribution in [1.82, 2.24) is 0 Å². The highest BCUT2D eigenvalue weighted by Gasteiger charge is 2.31. The number of anilines is 1. The zero-order valence-electron chi connectivity index (χ0n) is 11.6. The molecule has 0 aromatic heterocycles. The van der Waals surface area contributed by atoms with Crippen LogP contribution >= 0.6 is 0 Å². The maximum absolute atomic E-state index is 12.2. The molecule has 0 radical (unpaired) electrons. The normalized spacial score (nSPS) is 16.7. The van der Waals surface area contributed by atoms with Crippen molar-refractivity contribution in [3.8, 4) is 5.75 Å². The molecule has 20 heavy (non-hydrogen) atoms. The Bertz CT molecular complexity index is 664. The third kappa shape index (κ3) is 2.16. The summed E-state index contributed by atoms with van der Waals surface area (Å²) < 4.78 is 5.37. The van der Waals surface area contributed by atoms with Gasteiger partial charge in [-0.3, -0.25) is 4.79 Å². The van der Waals surface area contributed by atoms with Gasteiger partial charge < -0.3 is 10.1 Å². The molecular formula is C17H17NO2. The van der Waals surface area contributed by atoms with Crippen LogP contribution in [-0.2, 0) is 11.2 Å². The van der Waals surface area contributed by atoms with Gasteiger partial charge >= 0.3 is 0 Å². The van der Waals surface area contributed by atoms with Gasteiger partial charge in [-0.2, -0.15) is 0 Å².